The Bertz CT molecular complexity index is 209. The lowest BCUT2D eigenvalue weighted by Gasteiger charge is -2.27. The molecule has 0 saturated carbocycles. The second-order valence-corrected chi connectivity index (χ2v) is 8.35. The highest BCUT2D eigenvalue weighted by atomic mass is 31.2. The summed E-state index contributed by atoms with van der Waals surface area (Å²) < 4.78 is 21.6. The minimum Gasteiger partial charge on any atom is -0.344 e. The normalized spacial score (nSPS) is 19.5. The van der Waals surface area contributed by atoms with Crippen LogP contribution in [0.3, 0.4) is 0 Å². The number of hydrogen-bond donors (Lipinski definition) is 3. The van der Waals surface area contributed by atoms with Crippen LogP contribution < -0.4 is 0 Å². The van der Waals surface area contributed by atoms with Crippen LogP contribution in [0.15, 0.2) is 0 Å². The molecule has 0 saturated heterocycles. The van der Waals surface area contributed by atoms with Crippen molar-refractivity contribution in [3.8, 4) is 0 Å². The fourth-order valence-corrected chi connectivity index (χ4v) is 2.18. The van der Waals surface area contributed by atoms with Gasteiger partial charge in [-0.3, -0.25) is 9.13 Å². The molecule has 0 fully saturated rings. The predicted molar refractivity (Wildman–Crippen MR) is 41.9 cm³/mol. The van der Waals surface area contributed by atoms with E-state index in [4.69, 9.17) is 14.7 Å². The van der Waals surface area contributed by atoms with Crippen molar-refractivity contribution in [2.24, 2.45) is 0 Å². The van der Waals surface area contributed by atoms with E-state index >= 15 is 0 Å². The van der Waals surface area contributed by atoms with E-state index in [9.17, 15) is 9.13 Å². The van der Waals surface area contributed by atoms with E-state index in [0.717, 1.165) is 20.5 Å². The van der Waals surface area contributed by atoms with Gasteiger partial charge < -0.3 is 14.7 Å². The number of rotatable bonds is 2. The Hall–Kier alpha value is 0.340. The van der Waals surface area contributed by atoms with E-state index < -0.39 is 19.9 Å². The van der Waals surface area contributed by atoms with Gasteiger partial charge in [-0.15, -0.1) is 0 Å². The molecule has 0 aliphatic rings. The van der Waals surface area contributed by atoms with Crippen LogP contribution in [0.1, 0.15) is 13.8 Å². The second kappa shape index (κ2) is 2.68. The molecule has 0 spiro atoms. The Morgan fingerprint density at radius 1 is 1.09 bits per heavy atom. The van der Waals surface area contributed by atoms with Gasteiger partial charge in [-0.2, -0.15) is 0 Å². The minimum absolute atomic E-state index is 0.937. The van der Waals surface area contributed by atoms with Gasteiger partial charge in [0.05, 0.1) is 0 Å². The van der Waals surface area contributed by atoms with Gasteiger partial charge in [0.25, 0.3) is 0 Å². The number of hydrogen-bond acceptors (Lipinski definition) is 2. The van der Waals surface area contributed by atoms with Crippen LogP contribution in [0.4, 0.5) is 0 Å². The lowest BCUT2D eigenvalue weighted by molar-refractivity contribution is 0.348. The van der Waals surface area contributed by atoms with Crippen LogP contribution >= 0.6 is 15.0 Å². The van der Waals surface area contributed by atoms with Crippen molar-refractivity contribution >= 4 is 15.0 Å². The Balaban J connectivity index is 5.08. The molecule has 0 aliphatic heterocycles. The van der Waals surface area contributed by atoms with Crippen molar-refractivity contribution in [1.82, 2.24) is 0 Å². The smallest absolute Gasteiger partial charge is 0.340 e. The molecule has 0 aromatic heterocycles. The molecule has 0 rings (SSSR count). The lowest BCUT2D eigenvalue weighted by atomic mass is 10.5. The van der Waals surface area contributed by atoms with Gasteiger partial charge in [0.1, 0.15) is 4.90 Å². The standard InChI is InChI=1S/C4H12O5P2/c1-4(2,10(3,5)6)11(7,8)9/h1-3H3,(H,5,6)(H2,7,8,9). The zero-order chi connectivity index (χ0) is 9.50. The summed E-state index contributed by atoms with van der Waals surface area (Å²) in [6, 6.07) is 0. The highest BCUT2D eigenvalue weighted by Gasteiger charge is 2.49. The van der Waals surface area contributed by atoms with Gasteiger partial charge in [-0.25, -0.2) is 0 Å². The van der Waals surface area contributed by atoms with Crippen LogP contribution in [0.25, 0.3) is 0 Å². The molecule has 0 amide bonds. The van der Waals surface area contributed by atoms with Gasteiger partial charge in [0, 0.05) is 6.66 Å². The second-order valence-electron chi connectivity index (χ2n) is 2.92. The minimum atomic E-state index is -4.50. The molecule has 7 heteroatoms. The zero-order valence-electron chi connectivity index (χ0n) is 6.55. The molecule has 1 atom stereocenters. The molecule has 1 unspecified atom stereocenters. The third-order valence-electron chi connectivity index (χ3n) is 1.73. The first-order valence-electron chi connectivity index (χ1n) is 2.86. The average Bonchev–Trinajstić information content (AvgIpc) is 1.58. The Kier molecular flexibility index (Phi) is 2.76. The molecule has 5 nitrogen and oxygen atoms in total. The third-order valence-corrected chi connectivity index (χ3v) is 7.08. The molecule has 3 N–H and O–H groups in total. The van der Waals surface area contributed by atoms with E-state index in [2.05, 4.69) is 0 Å². The highest BCUT2D eigenvalue weighted by molar-refractivity contribution is 7.74. The molecule has 0 aromatic rings. The van der Waals surface area contributed by atoms with Gasteiger partial charge in [-0.05, 0) is 13.8 Å². The molecule has 0 aliphatic carbocycles. The monoisotopic (exact) mass is 202 g/mol. The van der Waals surface area contributed by atoms with Crippen molar-refractivity contribution in [1.29, 1.82) is 0 Å². The molecular formula is C4H12O5P2. The maximum absolute atomic E-state index is 10.9. The van der Waals surface area contributed by atoms with E-state index in [1.165, 1.54) is 0 Å². The van der Waals surface area contributed by atoms with Crippen molar-refractivity contribution < 1.29 is 23.8 Å². The quantitative estimate of drug-likeness (QED) is 0.575. The summed E-state index contributed by atoms with van der Waals surface area (Å²) in [5.74, 6) is 0. The van der Waals surface area contributed by atoms with Gasteiger partial charge in [0.2, 0.25) is 7.37 Å². The van der Waals surface area contributed by atoms with Crippen LogP contribution in [-0.4, -0.2) is 26.2 Å². The largest absolute Gasteiger partial charge is 0.344 e. The van der Waals surface area contributed by atoms with E-state index in [1.54, 1.807) is 0 Å². The Morgan fingerprint density at radius 3 is 1.36 bits per heavy atom. The average molecular weight is 202 g/mol. The van der Waals surface area contributed by atoms with Gasteiger partial charge in [0.15, 0.2) is 0 Å². The first kappa shape index (κ1) is 11.3. The third kappa shape index (κ3) is 2.14. The molecule has 0 heterocycles. The van der Waals surface area contributed by atoms with Crippen LogP contribution in [0.2, 0.25) is 0 Å². The fraction of sp³-hybridized carbons (Fsp3) is 1.00. The summed E-state index contributed by atoms with van der Waals surface area (Å²) in [5, 5.41) is 0. The summed E-state index contributed by atoms with van der Waals surface area (Å²) in [4.78, 5) is 24.4. The molecular weight excluding hydrogens is 190 g/mol. The maximum Gasteiger partial charge on any atom is 0.340 e. The van der Waals surface area contributed by atoms with E-state index in [-0.39, 0.29) is 0 Å². The maximum atomic E-state index is 10.9. The van der Waals surface area contributed by atoms with Crippen LogP contribution in [0.5, 0.6) is 0 Å². The summed E-state index contributed by atoms with van der Waals surface area (Å²) in [6.45, 7) is 3.09. The topological polar surface area (TPSA) is 94.8 Å². The SMILES string of the molecule is CC(C)(P(C)(=O)O)P(=O)(O)O. The molecule has 0 bridgehead atoms. The zero-order valence-corrected chi connectivity index (χ0v) is 8.34. The summed E-state index contributed by atoms with van der Waals surface area (Å²) in [6.07, 6.45) is 0. The summed E-state index contributed by atoms with van der Waals surface area (Å²) >= 11 is 0. The summed E-state index contributed by atoms with van der Waals surface area (Å²) in [5.41, 5.74) is 0. The van der Waals surface area contributed by atoms with Crippen molar-refractivity contribution in [3.63, 3.8) is 0 Å². The van der Waals surface area contributed by atoms with Crippen LogP contribution in [-0.2, 0) is 9.13 Å². The highest BCUT2D eigenvalue weighted by Crippen LogP contribution is 2.68. The molecule has 0 radical (unpaired) electrons. The molecule has 0 aromatic carbocycles. The first-order chi connectivity index (χ1) is 4.50. The van der Waals surface area contributed by atoms with E-state index in [1.807, 2.05) is 0 Å². The Labute approximate surface area is 65.1 Å². The molecule has 68 valence electrons. The van der Waals surface area contributed by atoms with Crippen molar-refractivity contribution in [3.05, 3.63) is 0 Å². The van der Waals surface area contributed by atoms with Crippen molar-refractivity contribution in [2.75, 3.05) is 6.66 Å². The Morgan fingerprint density at radius 2 is 1.36 bits per heavy atom. The van der Waals surface area contributed by atoms with Crippen LogP contribution in [0, 0.1) is 0 Å². The van der Waals surface area contributed by atoms with Gasteiger partial charge in [-0.1, -0.05) is 0 Å². The lowest BCUT2D eigenvalue weighted by Crippen LogP contribution is -2.19. The predicted octanol–water partition coefficient (Wildman–Crippen LogP) is 0.800. The summed E-state index contributed by atoms with van der Waals surface area (Å²) in [7, 11) is -8.26. The molecule has 11 heavy (non-hydrogen) atoms. The van der Waals surface area contributed by atoms with Crippen molar-refractivity contribution in [2.45, 2.75) is 18.7 Å². The first-order valence-corrected chi connectivity index (χ1v) is 6.58. The van der Waals surface area contributed by atoms with Gasteiger partial charge >= 0.3 is 7.60 Å². The fourth-order valence-electron chi connectivity index (χ4n) is 0.242. The van der Waals surface area contributed by atoms with E-state index in [0.29, 0.717) is 0 Å².